The van der Waals surface area contributed by atoms with Crippen LogP contribution in [-0.4, -0.2) is 17.1 Å². The van der Waals surface area contributed by atoms with Gasteiger partial charge in [-0.05, 0) is 31.8 Å². The average Bonchev–Trinajstić information content (AvgIpc) is 2.58. The lowest BCUT2D eigenvalue weighted by Crippen LogP contribution is -2.31. The van der Waals surface area contributed by atoms with Crippen LogP contribution in [0, 0.1) is 0 Å². The first kappa shape index (κ1) is 13.4. The predicted octanol–water partition coefficient (Wildman–Crippen LogP) is 2.87. The Kier molecular flexibility index (Phi) is 4.66. The van der Waals surface area contributed by atoms with Crippen LogP contribution in [0.1, 0.15) is 40.0 Å². The van der Waals surface area contributed by atoms with Gasteiger partial charge < -0.3 is 5.32 Å². The van der Waals surface area contributed by atoms with E-state index >= 15 is 0 Å². The Labute approximate surface area is 104 Å². The summed E-state index contributed by atoms with van der Waals surface area (Å²) in [7, 11) is 0. The number of ketones is 1. The van der Waals surface area contributed by atoms with Crippen molar-refractivity contribution in [2.75, 3.05) is 0 Å². The molecule has 0 aromatic carbocycles. The van der Waals surface area contributed by atoms with Crippen molar-refractivity contribution < 1.29 is 4.79 Å². The van der Waals surface area contributed by atoms with E-state index < -0.39 is 0 Å². The van der Waals surface area contributed by atoms with Gasteiger partial charge in [-0.1, -0.05) is 12.5 Å². The highest BCUT2D eigenvalue weighted by Gasteiger charge is 2.27. The van der Waals surface area contributed by atoms with Crippen molar-refractivity contribution in [1.82, 2.24) is 5.32 Å². The summed E-state index contributed by atoms with van der Waals surface area (Å²) >= 11 is 4.43. The molecule has 16 heavy (non-hydrogen) atoms. The molecule has 0 saturated heterocycles. The smallest absolute Gasteiger partial charge is 0.175 e. The third kappa shape index (κ3) is 3.41. The first-order chi connectivity index (χ1) is 7.41. The van der Waals surface area contributed by atoms with Gasteiger partial charge in [0.2, 0.25) is 0 Å². The summed E-state index contributed by atoms with van der Waals surface area (Å²) in [5, 5.41) is 3.55. The monoisotopic (exact) mass is 239 g/mol. The summed E-state index contributed by atoms with van der Waals surface area (Å²) in [5.74, 6) is 0.133. The fourth-order valence-electron chi connectivity index (χ4n) is 1.94. The van der Waals surface area contributed by atoms with Crippen molar-refractivity contribution >= 4 is 18.4 Å². The second kappa shape index (κ2) is 5.58. The Morgan fingerprint density at radius 2 is 2.25 bits per heavy atom. The van der Waals surface area contributed by atoms with Crippen molar-refractivity contribution in [2.24, 2.45) is 0 Å². The lowest BCUT2D eigenvalue weighted by molar-refractivity contribution is -0.114. The third-order valence-corrected chi connectivity index (χ3v) is 3.30. The number of nitrogens with one attached hydrogen (secondary N) is 1. The standard InChI is InChI=1S/C13H21NOS/c1-8(2)5-6-11-7-12(10(4)16)14-13(11)9(3)15/h10,12,14,16H,1,5-7H2,2-4H3. The largest absolute Gasteiger partial charge is 0.378 e. The molecule has 1 N–H and O–H groups in total. The highest BCUT2D eigenvalue weighted by atomic mass is 32.1. The molecule has 0 aromatic heterocycles. The van der Waals surface area contributed by atoms with E-state index in [1.54, 1.807) is 6.92 Å². The van der Waals surface area contributed by atoms with Crippen LogP contribution in [0.2, 0.25) is 0 Å². The molecule has 0 spiro atoms. The van der Waals surface area contributed by atoms with Crippen molar-refractivity contribution in [2.45, 2.75) is 51.3 Å². The second-order valence-corrected chi connectivity index (χ2v) is 5.50. The van der Waals surface area contributed by atoms with Crippen LogP contribution in [0.15, 0.2) is 23.4 Å². The van der Waals surface area contributed by atoms with Crippen LogP contribution in [0.25, 0.3) is 0 Å². The lowest BCUT2D eigenvalue weighted by Gasteiger charge is -2.15. The molecule has 1 aliphatic rings. The minimum Gasteiger partial charge on any atom is -0.378 e. The van der Waals surface area contributed by atoms with Gasteiger partial charge in [0.1, 0.15) is 0 Å². The highest BCUT2D eigenvalue weighted by Crippen LogP contribution is 2.27. The molecule has 3 heteroatoms. The zero-order valence-corrected chi connectivity index (χ0v) is 11.2. The number of hydrogen-bond donors (Lipinski definition) is 2. The Balaban J connectivity index is 2.71. The number of rotatable bonds is 5. The molecule has 2 nitrogen and oxygen atoms in total. The van der Waals surface area contributed by atoms with E-state index in [0.29, 0.717) is 6.04 Å². The number of thiol groups is 1. The Morgan fingerprint density at radius 1 is 1.62 bits per heavy atom. The van der Waals surface area contributed by atoms with Gasteiger partial charge in [-0.15, -0.1) is 6.58 Å². The Morgan fingerprint density at radius 3 is 2.69 bits per heavy atom. The van der Waals surface area contributed by atoms with Crippen molar-refractivity contribution in [3.05, 3.63) is 23.4 Å². The molecular formula is C13H21NOS. The van der Waals surface area contributed by atoms with E-state index in [0.717, 1.165) is 30.5 Å². The minimum atomic E-state index is 0.133. The number of allylic oxidation sites excluding steroid dienone is 2. The summed E-state index contributed by atoms with van der Waals surface area (Å²) in [4.78, 5) is 11.5. The van der Waals surface area contributed by atoms with E-state index in [2.05, 4.69) is 31.4 Å². The van der Waals surface area contributed by atoms with Gasteiger partial charge in [0.25, 0.3) is 0 Å². The number of hydrogen-bond acceptors (Lipinski definition) is 3. The van der Waals surface area contributed by atoms with E-state index in [1.165, 1.54) is 5.57 Å². The summed E-state index contributed by atoms with van der Waals surface area (Å²) in [5.41, 5.74) is 3.21. The van der Waals surface area contributed by atoms with E-state index in [9.17, 15) is 4.79 Å². The second-order valence-electron chi connectivity index (χ2n) is 4.69. The number of carbonyl (C=O) groups is 1. The van der Waals surface area contributed by atoms with E-state index in [-0.39, 0.29) is 11.0 Å². The molecule has 1 aliphatic heterocycles. The van der Waals surface area contributed by atoms with Gasteiger partial charge >= 0.3 is 0 Å². The number of carbonyl (C=O) groups excluding carboxylic acids is 1. The first-order valence-corrected chi connectivity index (χ1v) is 6.25. The van der Waals surface area contributed by atoms with Gasteiger partial charge in [-0.25, -0.2) is 0 Å². The van der Waals surface area contributed by atoms with Gasteiger partial charge in [0, 0.05) is 18.2 Å². The predicted molar refractivity (Wildman–Crippen MR) is 71.7 cm³/mol. The molecule has 0 saturated carbocycles. The Bertz CT molecular complexity index is 331. The van der Waals surface area contributed by atoms with E-state index in [1.807, 2.05) is 6.92 Å². The molecule has 0 amide bonds. The summed E-state index contributed by atoms with van der Waals surface area (Å²) in [6.45, 7) is 9.60. The fraction of sp³-hybridized carbons (Fsp3) is 0.615. The molecule has 90 valence electrons. The highest BCUT2D eigenvalue weighted by molar-refractivity contribution is 7.81. The van der Waals surface area contributed by atoms with E-state index in [4.69, 9.17) is 0 Å². The SMILES string of the molecule is C=C(C)CCC1=C(C(C)=O)NC(C(C)S)C1. The molecule has 2 atom stereocenters. The van der Waals surface area contributed by atoms with Gasteiger partial charge in [0.05, 0.1) is 5.70 Å². The first-order valence-electron chi connectivity index (χ1n) is 5.73. The van der Waals surface area contributed by atoms with Crippen molar-refractivity contribution in [3.63, 3.8) is 0 Å². The van der Waals surface area contributed by atoms with Gasteiger partial charge in [-0.2, -0.15) is 12.6 Å². The van der Waals surface area contributed by atoms with Crippen LogP contribution in [0.3, 0.4) is 0 Å². The third-order valence-electron chi connectivity index (χ3n) is 2.94. The summed E-state index contributed by atoms with van der Waals surface area (Å²) in [6.07, 6.45) is 2.84. The van der Waals surface area contributed by atoms with Crippen molar-refractivity contribution in [1.29, 1.82) is 0 Å². The molecular weight excluding hydrogens is 218 g/mol. The zero-order chi connectivity index (χ0) is 12.3. The van der Waals surface area contributed by atoms with Crippen LogP contribution < -0.4 is 5.32 Å². The number of Topliss-reactive ketones (excluding diaryl/α,β-unsaturated/α-hetero) is 1. The molecule has 0 bridgehead atoms. The van der Waals surface area contributed by atoms with Gasteiger partial charge in [-0.3, -0.25) is 4.79 Å². The Hall–Kier alpha value is -0.700. The molecule has 1 rings (SSSR count). The quantitative estimate of drug-likeness (QED) is 0.570. The normalized spacial score (nSPS) is 21.9. The maximum Gasteiger partial charge on any atom is 0.175 e. The zero-order valence-electron chi connectivity index (χ0n) is 10.3. The average molecular weight is 239 g/mol. The van der Waals surface area contributed by atoms with Crippen LogP contribution >= 0.6 is 12.6 Å². The maximum absolute atomic E-state index is 11.5. The maximum atomic E-state index is 11.5. The van der Waals surface area contributed by atoms with Gasteiger partial charge in [0.15, 0.2) is 5.78 Å². The fourth-order valence-corrected chi connectivity index (χ4v) is 2.12. The molecule has 0 aliphatic carbocycles. The lowest BCUT2D eigenvalue weighted by atomic mass is 10.00. The van der Waals surface area contributed by atoms with Crippen LogP contribution in [0.5, 0.6) is 0 Å². The summed E-state index contributed by atoms with van der Waals surface area (Å²) in [6, 6.07) is 0.294. The molecule has 0 fully saturated rings. The summed E-state index contributed by atoms with van der Waals surface area (Å²) < 4.78 is 0. The van der Waals surface area contributed by atoms with Crippen LogP contribution in [-0.2, 0) is 4.79 Å². The molecule has 1 heterocycles. The minimum absolute atomic E-state index is 0.133. The topological polar surface area (TPSA) is 29.1 Å². The molecule has 2 unspecified atom stereocenters. The molecule has 0 aromatic rings. The van der Waals surface area contributed by atoms with Crippen LogP contribution in [0.4, 0.5) is 0 Å². The van der Waals surface area contributed by atoms with Crippen molar-refractivity contribution in [3.8, 4) is 0 Å². The molecule has 0 radical (unpaired) electrons.